The molecule has 49 heavy (non-hydrogen) atoms. The fourth-order valence-corrected chi connectivity index (χ4v) is 7.97. The summed E-state index contributed by atoms with van der Waals surface area (Å²) in [4.78, 5) is 50.4. The van der Waals surface area contributed by atoms with Crippen molar-refractivity contribution in [1.29, 1.82) is 0 Å². The van der Waals surface area contributed by atoms with Gasteiger partial charge < -0.3 is 34.2 Å². The number of esters is 3. The number of ketones is 1. The molecular weight excluding hydrogens is 630 g/mol. The molecule has 9 atom stereocenters. The first-order valence-electron chi connectivity index (χ1n) is 16.2. The van der Waals surface area contributed by atoms with Crippen LogP contribution in [0.15, 0.2) is 72.8 Å². The van der Waals surface area contributed by atoms with Gasteiger partial charge in [-0.15, -0.1) is 0 Å². The van der Waals surface area contributed by atoms with Crippen LogP contribution in [0.3, 0.4) is 0 Å². The van der Waals surface area contributed by atoms with Gasteiger partial charge in [0.1, 0.15) is 18.5 Å². The monoisotopic (exact) mass is 667 g/mol. The first-order chi connectivity index (χ1) is 23.5. The van der Waals surface area contributed by atoms with Gasteiger partial charge in [-0.1, -0.05) is 54.6 Å². The van der Waals surface area contributed by atoms with Gasteiger partial charge in [0.05, 0.1) is 24.7 Å². The zero-order valence-corrected chi connectivity index (χ0v) is 27.5. The molecule has 4 aliphatic rings. The third-order valence-electron chi connectivity index (χ3n) is 9.96. The van der Waals surface area contributed by atoms with Crippen molar-refractivity contribution in [2.75, 3.05) is 13.7 Å². The van der Waals surface area contributed by atoms with Crippen LogP contribution >= 0.6 is 0 Å². The predicted molar refractivity (Wildman–Crippen MR) is 176 cm³/mol. The van der Waals surface area contributed by atoms with Crippen molar-refractivity contribution in [3.8, 4) is 5.75 Å². The number of carbonyl (C=O) groups is 4. The maximum absolute atomic E-state index is 14.2. The maximum atomic E-state index is 14.2. The summed E-state index contributed by atoms with van der Waals surface area (Å²) in [5.41, 5.74) is 9.25. The van der Waals surface area contributed by atoms with Gasteiger partial charge in [0.25, 0.3) is 0 Å². The van der Waals surface area contributed by atoms with Gasteiger partial charge in [0.2, 0.25) is 0 Å². The lowest BCUT2D eigenvalue weighted by atomic mass is 9.63. The van der Waals surface area contributed by atoms with Crippen molar-refractivity contribution in [2.24, 2.45) is 11.7 Å². The molecule has 3 aliphatic carbocycles. The highest BCUT2D eigenvalue weighted by Crippen LogP contribution is 2.63. The Morgan fingerprint density at radius 3 is 2.24 bits per heavy atom. The third kappa shape index (κ3) is 5.51. The van der Waals surface area contributed by atoms with Crippen molar-refractivity contribution >= 4 is 40.5 Å². The summed E-state index contributed by atoms with van der Waals surface area (Å²) >= 11 is 0. The summed E-state index contributed by atoms with van der Waals surface area (Å²) in [5, 5.41) is 2.00. The smallest absolute Gasteiger partial charge is 0.303 e. The van der Waals surface area contributed by atoms with E-state index >= 15 is 0 Å². The lowest BCUT2D eigenvalue weighted by molar-refractivity contribution is -0.287. The van der Waals surface area contributed by atoms with Crippen LogP contribution in [-0.2, 0) is 48.3 Å². The van der Waals surface area contributed by atoms with Crippen LogP contribution in [0.5, 0.6) is 5.75 Å². The number of nitrogens with two attached hydrogens (primary N) is 1. The molecule has 1 aliphatic heterocycles. The highest BCUT2D eigenvalue weighted by Gasteiger charge is 2.60. The summed E-state index contributed by atoms with van der Waals surface area (Å²) < 4.78 is 35.1. The fraction of sp³-hybridized carbons (Fsp3) is 0.368. The third-order valence-corrected chi connectivity index (χ3v) is 9.96. The minimum absolute atomic E-state index is 0.0528. The summed E-state index contributed by atoms with van der Waals surface area (Å²) in [7, 11) is 1.60. The second kappa shape index (κ2) is 12.6. The lowest BCUT2D eigenvalue weighted by Gasteiger charge is -2.44. The van der Waals surface area contributed by atoms with Crippen molar-refractivity contribution in [1.82, 2.24) is 0 Å². The Kier molecular flexibility index (Phi) is 8.38. The molecule has 1 fully saturated rings. The molecule has 11 nitrogen and oxygen atoms in total. The number of hydrogen-bond acceptors (Lipinski definition) is 11. The number of methoxy groups -OCH3 is 1. The van der Waals surface area contributed by atoms with Crippen molar-refractivity contribution in [2.45, 2.75) is 68.9 Å². The Morgan fingerprint density at radius 2 is 1.57 bits per heavy atom. The molecule has 0 radical (unpaired) electrons. The summed E-state index contributed by atoms with van der Waals surface area (Å²) in [5.74, 6) is -1.98. The zero-order chi connectivity index (χ0) is 34.6. The topological polar surface area (TPSA) is 150 Å². The quantitative estimate of drug-likeness (QED) is 0.219. The first-order valence-corrected chi connectivity index (χ1v) is 16.2. The van der Waals surface area contributed by atoms with E-state index in [1.165, 1.54) is 20.8 Å². The van der Waals surface area contributed by atoms with E-state index in [9.17, 15) is 19.2 Å². The van der Waals surface area contributed by atoms with E-state index in [4.69, 9.17) is 34.2 Å². The van der Waals surface area contributed by atoms with Crippen LogP contribution in [0.4, 0.5) is 0 Å². The van der Waals surface area contributed by atoms with Crippen LogP contribution in [0, 0.1) is 5.92 Å². The zero-order valence-electron chi connectivity index (χ0n) is 27.5. The minimum Gasteiger partial charge on any atom is -0.497 e. The first kappa shape index (κ1) is 32.7. The Balaban J connectivity index is 1.32. The maximum Gasteiger partial charge on any atom is 0.303 e. The second-order valence-electron chi connectivity index (χ2n) is 12.9. The molecular formula is C38H37NO10. The largest absolute Gasteiger partial charge is 0.497 e. The molecule has 11 heteroatoms. The highest BCUT2D eigenvalue weighted by molar-refractivity contribution is 6.08. The average molecular weight is 668 g/mol. The molecule has 1 saturated heterocycles. The van der Waals surface area contributed by atoms with E-state index in [0.717, 1.165) is 33.0 Å². The van der Waals surface area contributed by atoms with Crippen LogP contribution in [0.25, 0.3) is 16.8 Å². The van der Waals surface area contributed by atoms with Crippen molar-refractivity contribution < 1.29 is 47.6 Å². The number of allylic oxidation sites excluding steroid dienone is 2. The Labute approximate surface area is 282 Å². The van der Waals surface area contributed by atoms with E-state index in [0.29, 0.717) is 5.75 Å². The number of fused-ring (bicyclic) bond motifs is 7. The molecule has 3 aromatic rings. The minimum atomic E-state index is -1.20. The Morgan fingerprint density at radius 1 is 0.878 bits per heavy atom. The fourth-order valence-electron chi connectivity index (χ4n) is 7.97. The number of hydrogen-bond donors (Lipinski definition) is 1. The van der Waals surface area contributed by atoms with Gasteiger partial charge in [-0.25, -0.2) is 0 Å². The van der Waals surface area contributed by atoms with Crippen molar-refractivity contribution in [3.63, 3.8) is 0 Å². The molecule has 0 amide bonds. The highest BCUT2D eigenvalue weighted by atomic mass is 16.7. The number of carbonyl (C=O) groups excluding carboxylic acids is 4. The Bertz CT molecular complexity index is 1920. The van der Waals surface area contributed by atoms with E-state index < -0.39 is 60.1 Å². The molecule has 0 saturated carbocycles. The van der Waals surface area contributed by atoms with E-state index in [1.54, 1.807) is 13.2 Å². The van der Waals surface area contributed by atoms with E-state index in [-0.39, 0.29) is 24.2 Å². The van der Waals surface area contributed by atoms with Crippen LogP contribution in [0.2, 0.25) is 0 Å². The Hall–Kier alpha value is -4.84. The SMILES string of the molecule is COc1ccc2c(c1)C1(C=CC3C1c1cc4ccccc4cc1[C@H]3O[C@H]1O[C@H](COC(C)=O)[C@H](OC(C)=O)[C@H](OC(C)=O)[C@H]1N)C(=O)C=C2. The van der Waals surface area contributed by atoms with Crippen LogP contribution in [0.1, 0.15) is 55.0 Å². The molecule has 3 unspecified atom stereocenters. The normalized spacial score (nSPS) is 30.8. The van der Waals surface area contributed by atoms with Gasteiger partial charge in [0, 0.05) is 32.6 Å². The van der Waals surface area contributed by atoms with Crippen LogP contribution < -0.4 is 10.5 Å². The standard InChI is InChI=1S/C38H37NO10/c1-19(40)45-18-30-35(46-20(2)41)36(47-21(3)42)33(39)37(48-30)49-34-26-13-14-38(29-17-25(44-4)11-9-22(29)10-12-31(38)43)32(26)27-15-23-7-5-6-8-24(23)16-28(27)34/h5-17,26,30,32-37H,18,39H2,1-4H3/t26?,30-,32?,33-,34+,35+,36-,37-,38?/m1/s1. The lowest BCUT2D eigenvalue weighted by Crippen LogP contribution is -2.65. The predicted octanol–water partition coefficient (Wildman–Crippen LogP) is 4.20. The second-order valence-corrected chi connectivity index (χ2v) is 12.9. The summed E-state index contributed by atoms with van der Waals surface area (Å²) in [6.07, 6.45) is 2.21. The van der Waals surface area contributed by atoms with Crippen molar-refractivity contribution in [3.05, 3.63) is 95.1 Å². The van der Waals surface area contributed by atoms with Gasteiger partial charge in [0.15, 0.2) is 24.3 Å². The molecule has 0 bridgehead atoms. The molecule has 3 aromatic carbocycles. The van der Waals surface area contributed by atoms with Gasteiger partial charge >= 0.3 is 17.9 Å². The molecule has 0 aromatic heterocycles. The average Bonchev–Trinajstić information content (AvgIpc) is 3.60. The molecule has 1 spiro atoms. The summed E-state index contributed by atoms with van der Waals surface area (Å²) in [6.45, 7) is 3.36. The van der Waals surface area contributed by atoms with Gasteiger partial charge in [-0.05, 0) is 57.3 Å². The number of rotatable bonds is 7. The number of ether oxygens (including phenoxy) is 6. The molecule has 7 rings (SSSR count). The van der Waals surface area contributed by atoms with Gasteiger partial charge in [-0.3, -0.25) is 19.2 Å². The van der Waals surface area contributed by atoms with Crippen LogP contribution in [-0.4, -0.2) is 68.1 Å². The molecule has 254 valence electrons. The van der Waals surface area contributed by atoms with E-state index in [2.05, 4.69) is 12.1 Å². The van der Waals surface area contributed by atoms with Gasteiger partial charge in [-0.2, -0.15) is 0 Å². The molecule has 1 heterocycles. The van der Waals surface area contributed by atoms with E-state index in [1.807, 2.05) is 60.7 Å². The molecule has 2 N–H and O–H groups in total. The summed E-state index contributed by atoms with van der Waals surface area (Å²) in [6, 6.07) is 16.8. The number of benzene rings is 3.